The lowest BCUT2D eigenvalue weighted by atomic mass is 10.2. The van der Waals surface area contributed by atoms with Crippen LogP contribution in [0.4, 0.5) is 10.8 Å². The molecule has 0 radical (unpaired) electrons. The molecule has 27 heavy (non-hydrogen) atoms. The van der Waals surface area contributed by atoms with Gasteiger partial charge in [0, 0.05) is 35.0 Å². The minimum atomic E-state index is -0.582. The maximum atomic E-state index is 12.5. The number of aromatic nitrogens is 1. The number of thioether (sulfide) groups is 1. The van der Waals surface area contributed by atoms with Gasteiger partial charge in [0.05, 0.1) is 10.8 Å². The van der Waals surface area contributed by atoms with Crippen molar-refractivity contribution in [3.05, 3.63) is 57.1 Å². The summed E-state index contributed by atoms with van der Waals surface area (Å²) in [5, 5.41) is 14.1. The van der Waals surface area contributed by atoms with Crippen molar-refractivity contribution in [2.24, 2.45) is 0 Å². The summed E-state index contributed by atoms with van der Waals surface area (Å²) in [6.07, 6.45) is 4.52. The molecule has 1 aliphatic rings. The predicted octanol–water partition coefficient (Wildman–Crippen LogP) is 2.91. The van der Waals surface area contributed by atoms with Crippen LogP contribution in [0.2, 0.25) is 0 Å². The Labute approximate surface area is 163 Å². The van der Waals surface area contributed by atoms with E-state index in [1.807, 2.05) is 6.92 Å². The first-order valence-electron chi connectivity index (χ1n) is 7.98. The summed E-state index contributed by atoms with van der Waals surface area (Å²) in [4.78, 5) is 41.9. The quantitative estimate of drug-likeness (QED) is 0.467. The van der Waals surface area contributed by atoms with Crippen LogP contribution in [0.3, 0.4) is 0 Å². The second kappa shape index (κ2) is 8.31. The summed E-state index contributed by atoms with van der Waals surface area (Å²) >= 11 is 2.87. The monoisotopic (exact) mass is 404 g/mol. The van der Waals surface area contributed by atoms with E-state index in [2.05, 4.69) is 10.3 Å². The van der Waals surface area contributed by atoms with Gasteiger partial charge in [0.25, 0.3) is 5.69 Å². The fourth-order valence-electron chi connectivity index (χ4n) is 2.48. The molecule has 1 atom stereocenters. The van der Waals surface area contributed by atoms with Gasteiger partial charge in [-0.3, -0.25) is 19.7 Å². The minimum absolute atomic E-state index is 0.0441. The molecule has 1 unspecified atom stereocenters. The van der Waals surface area contributed by atoms with Crippen molar-refractivity contribution in [2.75, 3.05) is 16.9 Å². The number of thiazole rings is 1. The first kappa shape index (κ1) is 19.1. The molecule has 3 rings (SSSR count). The number of nitro groups is 1. The zero-order valence-corrected chi connectivity index (χ0v) is 16.0. The van der Waals surface area contributed by atoms with Crippen LogP contribution in [0.5, 0.6) is 0 Å². The van der Waals surface area contributed by atoms with Crippen LogP contribution in [0.1, 0.15) is 10.4 Å². The summed E-state index contributed by atoms with van der Waals surface area (Å²) < 4.78 is 0. The van der Waals surface area contributed by atoms with Crippen molar-refractivity contribution in [2.45, 2.75) is 13.0 Å². The van der Waals surface area contributed by atoms with Crippen LogP contribution in [-0.2, 0) is 9.59 Å². The summed E-state index contributed by atoms with van der Waals surface area (Å²) in [7, 11) is 0. The third-order valence-corrected chi connectivity index (χ3v) is 5.66. The maximum absolute atomic E-state index is 12.5. The Hall–Kier alpha value is -2.72. The number of aryl methyl sites for hydroxylation is 1. The molecule has 2 heterocycles. The highest BCUT2D eigenvalue weighted by atomic mass is 32.2. The Morgan fingerprint density at radius 2 is 2.26 bits per heavy atom. The van der Waals surface area contributed by atoms with E-state index >= 15 is 0 Å². The second-order valence-corrected chi connectivity index (χ2v) is 8.01. The van der Waals surface area contributed by atoms with Gasteiger partial charge in [-0.25, -0.2) is 4.98 Å². The van der Waals surface area contributed by atoms with Gasteiger partial charge in [-0.1, -0.05) is 12.1 Å². The highest BCUT2D eigenvalue weighted by Gasteiger charge is 2.34. The lowest BCUT2D eigenvalue weighted by Crippen LogP contribution is -2.43. The molecule has 1 aliphatic heterocycles. The number of amides is 2. The number of nitrogens with zero attached hydrogens (tertiary/aromatic N) is 3. The highest BCUT2D eigenvalue weighted by Crippen LogP contribution is 2.24. The van der Waals surface area contributed by atoms with E-state index in [-0.39, 0.29) is 17.5 Å². The van der Waals surface area contributed by atoms with E-state index < -0.39 is 11.0 Å². The molecule has 10 heteroatoms. The molecule has 1 aromatic heterocycles. The van der Waals surface area contributed by atoms with E-state index in [0.717, 1.165) is 4.88 Å². The van der Waals surface area contributed by atoms with Crippen LogP contribution >= 0.6 is 23.1 Å². The van der Waals surface area contributed by atoms with Crippen molar-refractivity contribution in [1.29, 1.82) is 0 Å². The molecular weight excluding hydrogens is 388 g/mol. The van der Waals surface area contributed by atoms with Crippen molar-refractivity contribution in [3.63, 3.8) is 0 Å². The van der Waals surface area contributed by atoms with Crippen LogP contribution in [0.15, 0.2) is 36.5 Å². The molecule has 8 nitrogen and oxygen atoms in total. The van der Waals surface area contributed by atoms with E-state index in [0.29, 0.717) is 22.3 Å². The number of anilines is 1. The Morgan fingerprint density at radius 1 is 1.44 bits per heavy atom. The van der Waals surface area contributed by atoms with E-state index in [4.69, 9.17) is 0 Å². The first-order chi connectivity index (χ1) is 12.9. The number of nitrogens with one attached hydrogen (secondary N) is 1. The lowest BCUT2D eigenvalue weighted by molar-refractivity contribution is -0.384. The Morgan fingerprint density at radius 3 is 2.96 bits per heavy atom. The molecule has 0 spiro atoms. The molecule has 140 valence electrons. The first-order valence-corrected chi connectivity index (χ1v) is 9.95. The third-order valence-electron chi connectivity index (χ3n) is 3.82. The maximum Gasteiger partial charge on any atom is 0.270 e. The summed E-state index contributed by atoms with van der Waals surface area (Å²) in [5.41, 5.74) is 0.501. The molecule has 1 fully saturated rings. The zero-order valence-electron chi connectivity index (χ0n) is 14.3. The van der Waals surface area contributed by atoms with Crippen LogP contribution in [0.25, 0.3) is 6.08 Å². The average Bonchev–Trinajstić information content (AvgIpc) is 3.29. The van der Waals surface area contributed by atoms with Gasteiger partial charge < -0.3 is 10.2 Å². The van der Waals surface area contributed by atoms with Gasteiger partial charge in [-0.15, -0.1) is 23.1 Å². The summed E-state index contributed by atoms with van der Waals surface area (Å²) in [6.45, 7) is 1.90. The van der Waals surface area contributed by atoms with E-state index in [9.17, 15) is 19.7 Å². The number of hydrogen-bond donors (Lipinski definition) is 1. The van der Waals surface area contributed by atoms with Gasteiger partial charge >= 0.3 is 0 Å². The van der Waals surface area contributed by atoms with Crippen molar-refractivity contribution < 1.29 is 14.5 Å². The topological polar surface area (TPSA) is 105 Å². The van der Waals surface area contributed by atoms with Gasteiger partial charge in [0.15, 0.2) is 5.13 Å². The Bertz CT molecular complexity index is 912. The SMILES string of the molecule is Cc1cnc(NC(=O)C2CSCN2C(=O)C=Cc2cccc([N+](=O)[O-])c2)s1. The Kier molecular flexibility index (Phi) is 5.87. The molecule has 1 saturated heterocycles. The number of benzene rings is 1. The summed E-state index contributed by atoms with van der Waals surface area (Å²) in [5.74, 6) is 0.327. The number of carbonyl (C=O) groups excluding carboxylic acids is 2. The minimum Gasteiger partial charge on any atom is -0.317 e. The molecule has 0 saturated carbocycles. The Balaban J connectivity index is 1.67. The average molecular weight is 404 g/mol. The highest BCUT2D eigenvalue weighted by molar-refractivity contribution is 7.99. The van der Waals surface area contributed by atoms with Gasteiger partial charge in [0.1, 0.15) is 6.04 Å². The second-order valence-electron chi connectivity index (χ2n) is 5.77. The van der Waals surface area contributed by atoms with Crippen molar-refractivity contribution in [1.82, 2.24) is 9.88 Å². The third kappa shape index (κ3) is 4.72. The lowest BCUT2D eigenvalue weighted by Gasteiger charge is -2.21. The summed E-state index contributed by atoms with van der Waals surface area (Å²) in [6, 6.07) is 5.42. The zero-order chi connectivity index (χ0) is 19.4. The van der Waals surface area contributed by atoms with Crippen LogP contribution in [-0.4, -0.2) is 44.3 Å². The number of hydrogen-bond acceptors (Lipinski definition) is 7. The molecular formula is C17H16N4O4S2. The molecule has 1 aromatic carbocycles. The van der Waals surface area contributed by atoms with Crippen molar-refractivity contribution >= 4 is 51.8 Å². The number of non-ortho nitro benzene ring substituents is 1. The largest absolute Gasteiger partial charge is 0.317 e. The van der Waals surface area contributed by atoms with Crippen LogP contribution < -0.4 is 5.32 Å². The van der Waals surface area contributed by atoms with Crippen molar-refractivity contribution in [3.8, 4) is 0 Å². The normalized spacial score (nSPS) is 16.6. The van der Waals surface area contributed by atoms with Gasteiger partial charge in [-0.05, 0) is 18.6 Å². The standard InChI is InChI=1S/C17H16N4O4S2/c1-11-8-18-17(27-11)19-16(23)14-9-26-10-20(14)15(22)6-5-12-3-2-4-13(7-12)21(24)25/h2-8,14H,9-10H2,1H3,(H,18,19,23). The molecule has 1 N–H and O–H groups in total. The molecule has 0 bridgehead atoms. The predicted molar refractivity (Wildman–Crippen MR) is 106 cm³/mol. The van der Waals surface area contributed by atoms with Crippen LogP contribution in [0, 0.1) is 17.0 Å². The smallest absolute Gasteiger partial charge is 0.270 e. The van der Waals surface area contributed by atoms with Gasteiger partial charge in [-0.2, -0.15) is 0 Å². The van der Waals surface area contributed by atoms with Gasteiger partial charge in [0.2, 0.25) is 11.8 Å². The fraction of sp³-hybridized carbons (Fsp3) is 0.235. The number of rotatable bonds is 5. The number of nitro benzene ring substituents is 1. The molecule has 2 amide bonds. The molecule has 2 aromatic rings. The van der Waals surface area contributed by atoms with E-state index in [1.165, 1.54) is 52.3 Å². The fourth-order valence-corrected chi connectivity index (χ4v) is 4.31. The van der Waals surface area contributed by atoms with E-state index in [1.54, 1.807) is 18.3 Å². The number of carbonyl (C=O) groups is 2. The molecule has 0 aliphatic carbocycles.